The zero-order valence-electron chi connectivity index (χ0n) is 30.1. The summed E-state index contributed by atoms with van der Waals surface area (Å²) in [5, 5.41) is 5.13. The van der Waals surface area contributed by atoms with Crippen LogP contribution in [0.1, 0.15) is 25.0 Å². The molecule has 0 unspecified atom stereocenters. The molecule has 0 radical (unpaired) electrons. The molecule has 3 heteroatoms. The van der Waals surface area contributed by atoms with Crippen molar-refractivity contribution in [3.8, 4) is 27.9 Å². The predicted molar refractivity (Wildman–Crippen MR) is 231 cm³/mol. The van der Waals surface area contributed by atoms with E-state index in [0.717, 1.165) is 17.1 Å². The standard InChI is InChI=1S/C51H36N2S/c1-51(2)41-22-9-6-17-37(41)38-21-12-26-45(50(38)51)53(35-31-29-33(30-32-35)36-20-13-28-47-48(36)40-19-8-11-27-46(40)54-47)44-25-14-24-43-49(44)39-18-7-10-23-42(39)52(43)34-15-4-3-5-16-34/h3-32H,1-2H3. The molecule has 10 aromatic rings. The Bertz CT molecular complexity index is 3070. The topological polar surface area (TPSA) is 8.17 Å². The van der Waals surface area contributed by atoms with Gasteiger partial charge in [0.1, 0.15) is 0 Å². The van der Waals surface area contributed by atoms with E-state index in [1.54, 1.807) is 0 Å². The second-order valence-electron chi connectivity index (χ2n) is 14.9. The smallest absolute Gasteiger partial charge is 0.0562 e. The second-order valence-corrected chi connectivity index (χ2v) is 16.0. The van der Waals surface area contributed by atoms with Crippen LogP contribution < -0.4 is 4.90 Å². The van der Waals surface area contributed by atoms with Crippen LogP contribution in [-0.2, 0) is 5.41 Å². The van der Waals surface area contributed by atoms with Crippen molar-refractivity contribution in [3.63, 3.8) is 0 Å². The van der Waals surface area contributed by atoms with Crippen molar-refractivity contribution in [2.75, 3.05) is 4.90 Å². The van der Waals surface area contributed by atoms with Gasteiger partial charge < -0.3 is 9.47 Å². The Hall–Kier alpha value is -6.42. The average molecular weight is 709 g/mol. The molecule has 2 aromatic heterocycles. The van der Waals surface area contributed by atoms with Gasteiger partial charge in [0.05, 0.1) is 22.4 Å². The quantitative estimate of drug-likeness (QED) is 0.173. The van der Waals surface area contributed by atoms with E-state index in [0.29, 0.717) is 0 Å². The highest BCUT2D eigenvalue weighted by Gasteiger charge is 2.39. The molecule has 8 aromatic carbocycles. The number of rotatable bonds is 5. The molecule has 0 N–H and O–H groups in total. The minimum atomic E-state index is -0.192. The summed E-state index contributed by atoms with van der Waals surface area (Å²) in [5.41, 5.74) is 14.7. The number of anilines is 3. The monoisotopic (exact) mass is 708 g/mol. The Kier molecular flexibility index (Phi) is 6.80. The molecule has 0 amide bonds. The summed E-state index contributed by atoms with van der Waals surface area (Å²) in [4.78, 5) is 2.53. The van der Waals surface area contributed by atoms with Gasteiger partial charge in [0.2, 0.25) is 0 Å². The highest BCUT2D eigenvalue weighted by atomic mass is 32.1. The fourth-order valence-corrected chi connectivity index (χ4v) is 10.4. The largest absolute Gasteiger partial charge is 0.309 e. The molecule has 1 aliphatic rings. The maximum absolute atomic E-state index is 2.53. The molecule has 0 spiro atoms. The van der Waals surface area contributed by atoms with Gasteiger partial charge >= 0.3 is 0 Å². The lowest BCUT2D eigenvalue weighted by molar-refractivity contribution is 0.661. The van der Waals surface area contributed by atoms with Crippen molar-refractivity contribution in [2.45, 2.75) is 19.3 Å². The molecule has 0 fully saturated rings. The average Bonchev–Trinajstić information content (AvgIpc) is 3.85. The Balaban J connectivity index is 1.18. The summed E-state index contributed by atoms with van der Waals surface area (Å²) >= 11 is 1.87. The zero-order valence-corrected chi connectivity index (χ0v) is 30.9. The van der Waals surface area contributed by atoms with Gasteiger partial charge in [-0.3, -0.25) is 0 Å². The van der Waals surface area contributed by atoms with E-state index < -0.39 is 0 Å². The van der Waals surface area contributed by atoms with Crippen LogP contribution in [-0.4, -0.2) is 4.57 Å². The van der Waals surface area contributed by atoms with Crippen LogP contribution in [0.4, 0.5) is 17.1 Å². The van der Waals surface area contributed by atoms with Gasteiger partial charge in [-0.15, -0.1) is 11.3 Å². The van der Waals surface area contributed by atoms with Gasteiger partial charge in [-0.1, -0.05) is 135 Å². The van der Waals surface area contributed by atoms with Crippen LogP contribution in [0.25, 0.3) is 69.9 Å². The van der Waals surface area contributed by atoms with Crippen molar-refractivity contribution in [1.29, 1.82) is 0 Å². The predicted octanol–water partition coefficient (Wildman–Crippen LogP) is 14.6. The third-order valence-corrected chi connectivity index (χ3v) is 12.7. The molecule has 0 saturated carbocycles. The molecule has 1 aliphatic carbocycles. The van der Waals surface area contributed by atoms with Gasteiger partial charge in [-0.05, 0) is 94.0 Å². The third-order valence-electron chi connectivity index (χ3n) is 11.6. The van der Waals surface area contributed by atoms with Crippen molar-refractivity contribution in [3.05, 3.63) is 193 Å². The van der Waals surface area contributed by atoms with E-state index in [-0.39, 0.29) is 5.41 Å². The van der Waals surface area contributed by atoms with E-state index in [1.807, 2.05) is 11.3 Å². The molecular weight excluding hydrogens is 673 g/mol. The second kappa shape index (κ2) is 11.8. The Morgan fingerprint density at radius 3 is 1.96 bits per heavy atom. The van der Waals surface area contributed by atoms with Crippen LogP contribution in [0, 0.1) is 0 Å². The molecule has 0 bridgehead atoms. The first-order valence-corrected chi connectivity index (χ1v) is 19.5. The molecule has 256 valence electrons. The van der Waals surface area contributed by atoms with Gasteiger partial charge in [-0.25, -0.2) is 0 Å². The maximum atomic E-state index is 2.53. The minimum Gasteiger partial charge on any atom is -0.309 e. The Labute approximate surface area is 318 Å². The Morgan fingerprint density at radius 1 is 0.463 bits per heavy atom. The van der Waals surface area contributed by atoms with E-state index in [1.165, 1.54) is 81.0 Å². The van der Waals surface area contributed by atoms with Crippen molar-refractivity contribution < 1.29 is 0 Å². The van der Waals surface area contributed by atoms with Crippen LogP contribution in [0.15, 0.2) is 182 Å². The number of hydrogen-bond acceptors (Lipinski definition) is 2. The van der Waals surface area contributed by atoms with E-state index in [9.17, 15) is 0 Å². The normalized spacial score (nSPS) is 13.1. The van der Waals surface area contributed by atoms with Gasteiger partial charge in [0.25, 0.3) is 0 Å². The lowest BCUT2D eigenvalue weighted by atomic mass is 9.81. The fourth-order valence-electron chi connectivity index (χ4n) is 9.26. The number of nitrogens with zero attached hydrogens (tertiary/aromatic N) is 2. The number of hydrogen-bond donors (Lipinski definition) is 0. The maximum Gasteiger partial charge on any atom is 0.0562 e. The molecule has 0 atom stereocenters. The van der Waals surface area contributed by atoms with Gasteiger partial charge in [0.15, 0.2) is 0 Å². The molecule has 54 heavy (non-hydrogen) atoms. The highest BCUT2D eigenvalue weighted by Crippen LogP contribution is 2.55. The lowest BCUT2D eigenvalue weighted by Gasteiger charge is -2.32. The molecule has 11 rings (SSSR count). The van der Waals surface area contributed by atoms with Gasteiger partial charge in [0, 0.05) is 47.7 Å². The summed E-state index contributed by atoms with van der Waals surface area (Å²) < 4.78 is 5.06. The van der Waals surface area contributed by atoms with E-state index in [2.05, 4.69) is 205 Å². The molecular formula is C51H36N2S. The Morgan fingerprint density at radius 2 is 1.09 bits per heavy atom. The van der Waals surface area contributed by atoms with Crippen molar-refractivity contribution in [1.82, 2.24) is 4.57 Å². The zero-order chi connectivity index (χ0) is 36.0. The fraction of sp³-hybridized carbons (Fsp3) is 0.0588. The van der Waals surface area contributed by atoms with Crippen molar-refractivity contribution >= 4 is 70.4 Å². The first-order valence-electron chi connectivity index (χ1n) is 18.7. The summed E-state index contributed by atoms with van der Waals surface area (Å²) in [6, 6.07) is 67.0. The number of thiophene rings is 1. The van der Waals surface area contributed by atoms with E-state index in [4.69, 9.17) is 0 Å². The minimum absolute atomic E-state index is 0.192. The van der Waals surface area contributed by atoms with E-state index >= 15 is 0 Å². The number of fused-ring (bicyclic) bond motifs is 9. The number of benzene rings is 8. The molecule has 2 nitrogen and oxygen atoms in total. The van der Waals surface area contributed by atoms with Crippen LogP contribution >= 0.6 is 11.3 Å². The number of para-hydroxylation sites is 2. The number of aromatic nitrogens is 1. The van der Waals surface area contributed by atoms with Crippen LogP contribution in [0.2, 0.25) is 0 Å². The lowest BCUT2D eigenvalue weighted by Crippen LogP contribution is -2.20. The summed E-state index contributed by atoms with van der Waals surface area (Å²) in [7, 11) is 0. The molecule has 0 saturated heterocycles. The summed E-state index contributed by atoms with van der Waals surface area (Å²) in [6.45, 7) is 4.77. The highest BCUT2D eigenvalue weighted by molar-refractivity contribution is 7.25. The van der Waals surface area contributed by atoms with Crippen LogP contribution in [0.5, 0.6) is 0 Å². The first kappa shape index (κ1) is 31.1. The van der Waals surface area contributed by atoms with Gasteiger partial charge in [-0.2, -0.15) is 0 Å². The molecule has 0 aliphatic heterocycles. The van der Waals surface area contributed by atoms with Crippen LogP contribution in [0.3, 0.4) is 0 Å². The summed E-state index contributed by atoms with van der Waals surface area (Å²) in [6.07, 6.45) is 0. The third kappa shape index (κ3) is 4.46. The van der Waals surface area contributed by atoms with Crippen molar-refractivity contribution in [2.24, 2.45) is 0 Å². The summed E-state index contributed by atoms with van der Waals surface area (Å²) in [5.74, 6) is 0. The SMILES string of the molecule is CC1(C)c2ccccc2-c2cccc(N(c3ccc(-c4cccc5sc6ccccc6c45)cc3)c3cccc4c3c3ccccc3n4-c3ccccc3)c21. The first-order chi connectivity index (χ1) is 26.6. The molecule has 2 heterocycles.